The van der Waals surface area contributed by atoms with Crippen LogP contribution in [0.15, 0.2) is 97.3 Å². The van der Waals surface area contributed by atoms with E-state index in [1.54, 1.807) is 6.33 Å². The second-order valence-corrected chi connectivity index (χ2v) is 8.23. The monoisotopic (exact) mass is 433 g/mol. The first-order valence-corrected chi connectivity index (χ1v) is 11.3. The van der Waals surface area contributed by atoms with E-state index < -0.39 is 0 Å². The van der Waals surface area contributed by atoms with Crippen LogP contribution in [0.5, 0.6) is 0 Å². The number of nitrogens with one attached hydrogen (secondary N) is 3. The predicted molar refractivity (Wildman–Crippen MR) is 135 cm³/mol. The van der Waals surface area contributed by atoms with Crippen molar-refractivity contribution in [1.82, 2.24) is 20.3 Å². The lowest BCUT2D eigenvalue weighted by atomic mass is 10.1. The Balaban J connectivity index is 1.29. The Hall–Kier alpha value is -3.96. The van der Waals surface area contributed by atoms with Gasteiger partial charge in [-0.25, -0.2) is 9.97 Å². The van der Waals surface area contributed by atoms with Crippen LogP contribution in [-0.2, 0) is 13.1 Å². The summed E-state index contributed by atoms with van der Waals surface area (Å²) in [6.07, 6.45) is 1.60. The minimum atomic E-state index is 0.144. The van der Waals surface area contributed by atoms with Crippen LogP contribution in [0, 0.1) is 0 Å². The number of hydrogen-bond acceptors (Lipinski definition) is 4. The summed E-state index contributed by atoms with van der Waals surface area (Å²) in [5.41, 5.74) is 6.75. The Kier molecular flexibility index (Phi) is 6.13. The summed E-state index contributed by atoms with van der Waals surface area (Å²) in [5.74, 6) is 0.834. The van der Waals surface area contributed by atoms with Gasteiger partial charge in [0.1, 0.15) is 17.8 Å². The molecular formula is C28H27N5. The molecule has 0 aliphatic heterocycles. The van der Waals surface area contributed by atoms with Crippen molar-refractivity contribution < 1.29 is 0 Å². The molecule has 2 aromatic heterocycles. The van der Waals surface area contributed by atoms with Crippen molar-refractivity contribution in [1.29, 1.82) is 0 Å². The highest BCUT2D eigenvalue weighted by atomic mass is 15.1. The van der Waals surface area contributed by atoms with Crippen molar-refractivity contribution in [3.63, 3.8) is 0 Å². The van der Waals surface area contributed by atoms with Gasteiger partial charge in [-0.1, -0.05) is 84.9 Å². The maximum absolute atomic E-state index is 4.50. The fourth-order valence-corrected chi connectivity index (χ4v) is 3.99. The lowest BCUT2D eigenvalue weighted by Crippen LogP contribution is -2.12. The smallest absolute Gasteiger partial charge is 0.143 e. The Morgan fingerprint density at radius 2 is 1.45 bits per heavy atom. The Morgan fingerprint density at radius 3 is 2.18 bits per heavy atom. The number of fused-ring (bicyclic) bond motifs is 1. The molecule has 5 heteroatoms. The zero-order valence-corrected chi connectivity index (χ0v) is 18.6. The van der Waals surface area contributed by atoms with Crippen molar-refractivity contribution in [2.75, 3.05) is 5.32 Å². The van der Waals surface area contributed by atoms with Crippen molar-refractivity contribution in [2.24, 2.45) is 0 Å². The minimum Gasteiger partial charge on any atom is -0.363 e. The molecule has 1 atom stereocenters. The van der Waals surface area contributed by atoms with Crippen molar-refractivity contribution >= 4 is 16.9 Å². The lowest BCUT2D eigenvalue weighted by Gasteiger charge is -2.15. The van der Waals surface area contributed by atoms with E-state index in [2.05, 4.69) is 111 Å². The lowest BCUT2D eigenvalue weighted by molar-refractivity contribution is 0.693. The molecule has 0 aliphatic carbocycles. The highest BCUT2D eigenvalue weighted by Crippen LogP contribution is 2.29. The summed E-state index contributed by atoms with van der Waals surface area (Å²) in [6, 6.07) is 31.7. The number of H-pyrrole nitrogens is 1. The number of hydrogen-bond donors (Lipinski definition) is 3. The van der Waals surface area contributed by atoms with Gasteiger partial charge >= 0.3 is 0 Å². The second-order valence-electron chi connectivity index (χ2n) is 8.23. The van der Waals surface area contributed by atoms with E-state index in [4.69, 9.17) is 0 Å². The molecule has 164 valence electrons. The fourth-order valence-electron chi connectivity index (χ4n) is 3.99. The molecule has 0 bridgehead atoms. The van der Waals surface area contributed by atoms with Gasteiger partial charge in [0, 0.05) is 24.8 Å². The molecule has 5 nitrogen and oxygen atoms in total. The first-order valence-electron chi connectivity index (χ1n) is 11.3. The Morgan fingerprint density at radius 1 is 0.788 bits per heavy atom. The predicted octanol–water partition coefficient (Wildman–Crippen LogP) is 6.09. The maximum atomic E-state index is 4.50. The third-order valence-corrected chi connectivity index (χ3v) is 5.84. The molecule has 2 heterocycles. The van der Waals surface area contributed by atoms with Crippen molar-refractivity contribution in [3.05, 3.63) is 114 Å². The fraction of sp³-hybridized carbons (Fsp3) is 0.143. The van der Waals surface area contributed by atoms with Crippen LogP contribution in [0.1, 0.15) is 29.7 Å². The molecule has 0 saturated carbocycles. The number of aromatic amines is 1. The first kappa shape index (κ1) is 20.9. The average Bonchev–Trinajstić information content (AvgIpc) is 3.31. The van der Waals surface area contributed by atoms with Crippen LogP contribution in [0.2, 0.25) is 0 Å². The van der Waals surface area contributed by atoms with Crippen LogP contribution in [0.25, 0.3) is 22.3 Å². The van der Waals surface area contributed by atoms with Gasteiger partial charge in [0.2, 0.25) is 0 Å². The van der Waals surface area contributed by atoms with E-state index in [0.29, 0.717) is 0 Å². The molecule has 3 N–H and O–H groups in total. The topological polar surface area (TPSA) is 65.6 Å². The van der Waals surface area contributed by atoms with Gasteiger partial charge in [0.25, 0.3) is 0 Å². The largest absolute Gasteiger partial charge is 0.363 e. The van der Waals surface area contributed by atoms with Gasteiger partial charge in [-0.05, 0) is 35.2 Å². The van der Waals surface area contributed by atoms with E-state index in [1.165, 1.54) is 16.7 Å². The average molecular weight is 434 g/mol. The Labute approximate surface area is 193 Å². The van der Waals surface area contributed by atoms with E-state index in [9.17, 15) is 0 Å². The summed E-state index contributed by atoms with van der Waals surface area (Å²) in [4.78, 5) is 12.4. The molecule has 0 saturated heterocycles. The highest BCUT2D eigenvalue weighted by Gasteiger charge is 2.12. The third-order valence-electron chi connectivity index (χ3n) is 5.84. The van der Waals surface area contributed by atoms with Crippen molar-refractivity contribution in [2.45, 2.75) is 26.1 Å². The van der Waals surface area contributed by atoms with E-state index >= 15 is 0 Å². The summed E-state index contributed by atoms with van der Waals surface area (Å²) in [6.45, 7) is 3.83. The van der Waals surface area contributed by atoms with Crippen LogP contribution in [0.4, 0.5) is 5.82 Å². The molecule has 3 aromatic carbocycles. The number of nitrogens with zero attached hydrogens (tertiary/aromatic N) is 2. The quantitative estimate of drug-likeness (QED) is 0.277. The minimum absolute atomic E-state index is 0.144. The molecule has 5 rings (SSSR count). The molecular weight excluding hydrogens is 406 g/mol. The van der Waals surface area contributed by atoms with Crippen LogP contribution in [-0.4, -0.2) is 15.0 Å². The standard InChI is InChI=1S/C28H27N5/c1-20(23-10-6-3-7-11-23)32-27-25-16-26(33-28(25)31-19-30-27)24-14-12-22(13-15-24)18-29-17-21-8-4-2-5-9-21/h2-16,19-20,29H,17-18H2,1H3,(H2,30,31,32,33)/t20-/m1/s1. The highest BCUT2D eigenvalue weighted by molar-refractivity contribution is 5.91. The Bertz CT molecular complexity index is 1310. The van der Waals surface area contributed by atoms with Gasteiger partial charge in [-0.3, -0.25) is 0 Å². The first-order chi connectivity index (χ1) is 16.3. The molecule has 0 unspecified atom stereocenters. The normalized spacial score (nSPS) is 12.0. The zero-order valence-electron chi connectivity index (χ0n) is 18.6. The van der Waals surface area contributed by atoms with Gasteiger partial charge in [0.05, 0.1) is 5.39 Å². The SMILES string of the molecule is C[C@@H](Nc1ncnc2[nH]c(-c3ccc(CNCc4ccccc4)cc3)cc12)c1ccccc1. The molecule has 5 aromatic rings. The molecule has 0 fully saturated rings. The van der Waals surface area contributed by atoms with Crippen LogP contribution < -0.4 is 10.6 Å². The number of aromatic nitrogens is 3. The van der Waals surface area contributed by atoms with Crippen molar-refractivity contribution in [3.8, 4) is 11.3 Å². The zero-order chi connectivity index (χ0) is 22.5. The van der Waals surface area contributed by atoms with E-state index in [1.807, 2.05) is 12.1 Å². The molecule has 0 spiro atoms. The second kappa shape index (κ2) is 9.67. The molecule has 0 radical (unpaired) electrons. The number of anilines is 1. The van der Waals surface area contributed by atoms with Gasteiger partial charge < -0.3 is 15.6 Å². The summed E-state index contributed by atoms with van der Waals surface area (Å²) in [5, 5.41) is 8.03. The maximum Gasteiger partial charge on any atom is 0.143 e. The molecule has 0 amide bonds. The van der Waals surface area contributed by atoms with E-state index in [-0.39, 0.29) is 6.04 Å². The third kappa shape index (κ3) is 4.94. The molecule has 0 aliphatic rings. The van der Waals surface area contributed by atoms with Gasteiger partial charge in [-0.15, -0.1) is 0 Å². The van der Waals surface area contributed by atoms with Crippen LogP contribution in [0.3, 0.4) is 0 Å². The summed E-state index contributed by atoms with van der Waals surface area (Å²) in [7, 11) is 0. The van der Waals surface area contributed by atoms with Gasteiger partial charge in [-0.2, -0.15) is 0 Å². The number of rotatable bonds is 8. The van der Waals surface area contributed by atoms with E-state index in [0.717, 1.165) is 41.2 Å². The van der Waals surface area contributed by atoms with Gasteiger partial charge in [0.15, 0.2) is 0 Å². The molecule has 33 heavy (non-hydrogen) atoms. The van der Waals surface area contributed by atoms with Crippen LogP contribution >= 0.6 is 0 Å². The number of benzene rings is 3. The summed E-state index contributed by atoms with van der Waals surface area (Å²) < 4.78 is 0. The summed E-state index contributed by atoms with van der Waals surface area (Å²) >= 11 is 0.